The van der Waals surface area contributed by atoms with E-state index in [1.54, 1.807) is 11.3 Å². The molecular formula is C17H14N4S2. The highest BCUT2D eigenvalue weighted by Gasteiger charge is 2.08. The van der Waals surface area contributed by atoms with Crippen LogP contribution in [0, 0.1) is 18.4 Å². The Kier molecular flexibility index (Phi) is 4.60. The molecule has 0 atom stereocenters. The Labute approximate surface area is 142 Å². The van der Waals surface area contributed by atoms with Gasteiger partial charge in [-0.3, -0.25) is 5.32 Å². The van der Waals surface area contributed by atoms with Crippen molar-refractivity contribution in [3.8, 4) is 16.8 Å². The summed E-state index contributed by atoms with van der Waals surface area (Å²) in [6.45, 7) is 2.01. The fourth-order valence-electron chi connectivity index (χ4n) is 2.19. The summed E-state index contributed by atoms with van der Waals surface area (Å²) in [6.07, 6.45) is 3.78. The SMILES string of the molecule is CSC(=Nc1ccc(-c2nc3ccccc3s2)cc1C)NC#N. The molecule has 0 amide bonds. The first kappa shape index (κ1) is 15.5. The second kappa shape index (κ2) is 6.82. The zero-order chi connectivity index (χ0) is 16.2. The molecule has 1 aromatic heterocycles. The minimum atomic E-state index is 0.586. The van der Waals surface area contributed by atoms with Crippen LogP contribution in [0.4, 0.5) is 5.69 Å². The Hall–Kier alpha value is -2.36. The van der Waals surface area contributed by atoms with Crippen LogP contribution in [-0.2, 0) is 0 Å². The third-order valence-corrected chi connectivity index (χ3v) is 4.98. The highest BCUT2D eigenvalue weighted by atomic mass is 32.2. The first-order chi connectivity index (χ1) is 11.2. The van der Waals surface area contributed by atoms with Gasteiger partial charge in [0.25, 0.3) is 0 Å². The summed E-state index contributed by atoms with van der Waals surface area (Å²) in [7, 11) is 0. The van der Waals surface area contributed by atoms with Gasteiger partial charge in [0.1, 0.15) is 5.01 Å². The Morgan fingerprint density at radius 1 is 1.30 bits per heavy atom. The van der Waals surface area contributed by atoms with Gasteiger partial charge in [-0.15, -0.1) is 11.3 Å². The molecule has 0 spiro atoms. The van der Waals surface area contributed by atoms with Gasteiger partial charge in [-0.25, -0.2) is 9.98 Å². The molecule has 2 aromatic carbocycles. The lowest BCUT2D eigenvalue weighted by atomic mass is 10.1. The summed E-state index contributed by atoms with van der Waals surface area (Å²) >= 11 is 3.09. The van der Waals surface area contributed by atoms with E-state index in [4.69, 9.17) is 5.26 Å². The number of fused-ring (bicyclic) bond motifs is 1. The van der Waals surface area contributed by atoms with Crippen LogP contribution in [0.3, 0.4) is 0 Å². The Bertz CT molecular complexity index is 889. The van der Waals surface area contributed by atoms with E-state index in [-0.39, 0.29) is 0 Å². The topological polar surface area (TPSA) is 61.1 Å². The van der Waals surface area contributed by atoms with Crippen molar-refractivity contribution in [3.63, 3.8) is 0 Å². The minimum Gasteiger partial charge on any atom is -0.271 e. The standard InChI is InChI=1S/C17H14N4S2/c1-11-9-12(7-8-13(11)21-17(22-2)19-10-18)16-20-14-5-3-4-6-15(14)23-16/h3-9H,1-2H3,(H,19,21). The molecule has 0 aliphatic rings. The van der Waals surface area contributed by atoms with E-state index in [2.05, 4.69) is 27.4 Å². The number of para-hydroxylation sites is 1. The summed E-state index contributed by atoms with van der Waals surface area (Å²) in [4.78, 5) is 9.16. The third kappa shape index (κ3) is 3.36. The van der Waals surface area contributed by atoms with Crippen LogP contribution in [0.5, 0.6) is 0 Å². The zero-order valence-corrected chi connectivity index (χ0v) is 14.3. The number of rotatable bonds is 2. The molecular weight excluding hydrogens is 324 g/mol. The second-order valence-corrected chi connectivity index (χ2v) is 6.67. The monoisotopic (exact) mass is 338 g/mol. The third-order valence-electron chi connectivity index (χ3n) is 3.32. The lowest BCUT2D eigenvalue weighted by Crippen LogP contribution is -2.12. The van der Waals surface area contributed by atoms with Gasteiger partial charge in [-0.2, -0.15) is 5.26 Å². The molecule has 0 saturated carbocycles. The summed E-state index contributed by atoms with van der Waals surface area (Å²) < 4.78 is 1.19. The molecule has 0 aliphatic carbocycles. The van der Waals surface area contributed by atoms with Gasteiger partial charge < -0.3 is 0 Å². The average Bonchev–Trinajstić information content (AvgIpc) is 3.00. The molecule has 0 radical (unpaired) electrons. The lowest BCUT2D eigenvalue weighted by molar-refractivity contribution is 1.27. The van der Waals surface area contributed by atoms with Crippen molar-refractivity contribution in [3.05, 3.63) is 48.0 Å². The number of thioether (sulfide) groups is 1. The molecule has 6 heteroatoms. The van der Waals surface area contributed by atoms with Crippen LogP contribution in [0.25, 0.3) is 20.8 Å². The number of hydrogen-bond donors (Lipinski definition) is 1. The first-order valence-corrected chi connectivity index (χ1v) is 9.00. The summed E-state index contributed by atoms with van der Waals surface area (Å²) in [5, 5.41) is 12.9. The largest absolute Gasteiger partial charge is 0.271 e. The van der Waals surface area contributed by atoms with Crippen LogP contribution in [0.1, 0.15) is 5.56 Å². The van der Waals surface area contributed by atoms with Gasteiger partial charge in [0.2, 0.25) is 0 Å². The number of nitrogens with one attached hydrogen (secondary N) is 1. The highest BCUT2D eigenvalue weighted by Crippen LogP contribution is 2.32. The maximum atomic E-state index is 8.71. The molecule has 3 rings (SSSR count). The van der Waals surface area contributed by atoms with E-state index in [0.29, 0.717) is 5.17 Å². The van der Waals surface area contributed by atoms with E-state index in [0.717, 1.165) is 27.3 Å². The van der Waals surface area contributed by atoms with Crippen molar-refractivity contribution >= 4 is 44.2 Å². The van der Waals surface area contributed by atoms with Crippen LogP contribution in [-0.4, -0.2) is 16.4 Å². The van der Waals surface area contributed by atoms with E-state index < -0.39 is 0 Å². The quantitative estimate of drug-likeness (QED) is 0.319. The maximum Gasteiger partial charge on any atom is 0.183 e. The molecule has 1 N–H and O–H groups in total. The van der Waals surface area contributed by atoms with Gasteiger partial charge in [-0.05, 0) is 49.1 Å². The van der Waals surface area contributed by atoms with E-state index >= 15 is 0 Å². The van der Waals surface area contributed by atoms with Crippen LogP contribution < -0.4 is 5.32 Å². The Morgan fingerprint density at radius 3 is 2.83 bits per heavy atom. The molecule has 0 bridgehead atoms. The number of amidine groups is 1. The van der Waals surface area contributed by atoms with Crippen molar-refractivity contribution in [2.45, 2.75) is 6.92 Å². The fraction of sp³-hybridized carbons (Fsp3) is 0.118. The number of aliphatic imine (C=N–C) groups is 1. The lowest BCUT2D eigenvalue weighted by Gasteiger charge is -2.05. The number of nitrogens with zero attached hydrogens (tertiary/aromatic N) is 3. The smallest absolute Gasteiger partial charge is 0.183 e. The molecule has 0 aliphatic heterocycles. The van der Waals surface area contributed by atoms with Crippen LogP contribution in [0.2, 0.25) is 0 Å². The average molecular weight is 338 g/mol. The number of benzene rings is 2. The molecule has 3 aromatic rings. The molecule has 4 nitrogen and oxygen atoms in total. The van der Waals surface area contributed by atoms with Gasteiger partial charge >= 0.3 is 0 Å². The van der Waals surface area contributed by atoms with Gasteiger partial charge in [0.15, 0.2) is 11.4 Å². The second-order valence-electron chi connectivity index (χ2n) is 4.85. The van der Waals surface area contributed by atoms with E-state index in [9.17, 15) is 0 Å². The van der Waals surface area contributed by atoms with Crippen molar-refractivity contribution in [1.29, 1.82) is 5.26 Å². The Balaban J connectivity index is 1.97. The molecule has 1 heterocycles. The maximum absolute atomic E-state index is 8.71. The van der Waals surface area contributed by atoms with Crippen molar-refractivity contribution < 1.29 is 0 Å². The minimum absolute atomic E-state index is 0.586. The van der Waals surface area contributed by atoms with Crippen LogP contribution in [0.15, 0.2) is 47.5 Å². The number of thiazole rings is 1. The number of nitriles is 1. The first-order valence-electron chi connectivity index (χ1n) is 6.95. The molecule has 0 saturated heterocycles. The van der Waals surface area contributed by atoms with Gasteiger partial charge in [0.05, 0.1) is 15.9 Å². The predicted molar refractivity (Wildman–Crippen MR) is 99.2 cm³/mol. The predicted octanol–water partition coefficient (Wildman–Crippen LogP) is 4.69. The molecule has 23 heavy (non-hydrogen) atoms. The Morgan fingerprint density at radius 2 is 2.13 bits per heavy atom. The fourth-order valence-corrected chi connectivity index (χ4v) is 3.49. The normalized spacial score (nSPS) is 11.4. The van der Waals surface area contributed by atoms with E-state index in [1.807, 2.05) is 49.7 Å². The summed E-state index contributed by atoms with van der Waals surface area (Å²) in [6, 6.07) is 14.2. The number of aryl methyl sites for hydroxylation is 1. The number of aromatic nitrogens is 1. The highest BCUT2D eigenvalue weighted by molar-refractivity contribution is 8.13. The number of hydrogen-bond acceptors (Lipinski definition) is 5. The summed E-state index contributed by atoms with van der Waals surface area (Å²) in [5.41, 5.74) is 4.01. The van der Waals surface area contributed by atoms with Gasteiger partial charge in [-0.1, -0.05) is 23.9 Å². The van der Waals surface area contributed by atoms with E-state index in [1.165, 1.54) is 16.5 Å². The summed E-state index contributed by atoms with van der Waals surface area (Å²) in [5.74, 6) is 0. The van der Waals surface area contributed by atoms with Crippen LogP contribution >= 0.6 is 23.1 Å². The molecule has 0 unspecified atom stereocenters. The van der Waals surface area contributed by atoms with Gasteiger partial charge in [0, 0.05) is 5.56 Å². The van der Waals surface area contributed by atoms with Crippen molar-refractivity contribution in [2.24, 2.45) is 4.99 Å². The molecule has 114 valence electrons. The van der Waals surface area contributed by atoms with Crippen molar-refractivity contribution in [1.82, 2.24) is 10.3 Å². The van der Waals surface area contributed by atoms with Crippen molar-refractivity contribution in [2.75, 3.05) is 6.26 Å². The zero-order valence-electron chi connectivity index (χ0n) is 12.7. The molecule has 0 fully saturated rings.